The molecule has 0 aromatic heterocycles. The molecule has 1 aromatic rings. The fraction of sp³-hybridized carbons (Fsp3) is 0.571. The number of aryl methyl sites for hydroxylation is 1. The molecule has 1 aliphatic heterocycles. The van der Waals surface area contributed by atoms with Crippen LogP contribution in [-0.2, 0) is 0 Å². The first-order chi connectivity index (χ1) is 8.31. The van der Waals surface area contributed by atoms with Crippen molar-refractivity contribution in [3.05, 3.63) is 29.8 Å². The van der Waals surface area contributed by atoms with Gasteiger partial charge in [0.05, 0.1) is 0 Å². The van der Waals surface area contributed by atoms with Gasteiger partial charge in [0.25, 0.3) is 0 Å². The predicted molar refractivity (Wildman–Crippen MR) is 70.3 cm³/mol. The molecule has 2 rings (SSSR count). The minimum atomic E-state index is 0.565. The van der Waals surface area contributed by atoms with Crippen molar-refractivity contribution in [2.24, 2.45) is 5.73 Å². The number of para-hydroxylation sites is 1. The first kappa shape index (κ1) is 12.4. The maximum atomic E-state index is 5.81. The zero-order chi connectivity index (χ0) is 12.1. The Kier molecular flexibility index (Phi) is 4.40. The van der Waals surface area contributed by atoms with Crippen LogP contribution in [0.25, 0.3) is 0 Å². The quantitative estimate of drug-likeness (QED) is 0.844. The molecule has 1 unspecified atom stereocenters. The van der Waals surface area contributed by atoms with E-state index in [-0.39, 0.29) is 0 Å². The molecule has 1 saturated heterocycles. The van der Waals surface area contributed by atoms with E-state index in [1.54, 1.807) is 0 Å². The lowest BCUT2D eigenvalue weighted by Gasteiger charge is -2.23. The fourth-order valence-electron chi connectivity index (χ4n) is 2.45. The number of ether oxygens (including phenoxy) is 1. The number of hydrogen-bond donors (Lipinski definition) is 1. The summed E-state index contributed by atoms with van der Waals surface area (Å²) in [6, 6.07) is 8.72. The van der Waals surface area contributed by atoms with Crippen LogP contribution in [0.5, 0.6) is 5.75 Å². The number of likely N-dealkylation sites (tertiary alicyclic amines) is 1. The average molecular weight is 234 g/mol. The number of nitrogens with two attached hydrogens (primary N) is 1. The highest BCUT2D eigenvalue weighted by molar-refractivity contribution is 5.31. The summed E-state index contributed by atoms with van der Waals surface area (Å²) in [5.74, 6) is 0.996. The van der Waals surface area contributed by atoms with Crippen LogP contribution in [-0.4, -0.2) is 37.2 Å². The Balaban J connectivity index is 1.78. The highest BCUT2D eigenvalue weighted by atomic mass is 16.5. The van der Waals surface area contributed by atoms with Crippen molar-refractivity contribution >= 4 is 0 Å². The van der Waals surface area contributed by atoms with E-state index in [2.05, 4.69) is 17.9 Å². The summed E-state index contributed by atoms with van der Waals surface area (Å²) < 4.78 is 5.81. The number of hydrogen-bond acceptors (Lipinski definition) is 3. The third-order valence-corrected chi connectivity index (χ3v) is 3.50. The van der Waals surface area contributed by atoms with Crippen molar-refractivity contribution in [1.29, 1.82) is 0 Å². The highest BCUT2D eigenvalue weighted by Gasteiger charge is 2.22. The van der Waals surface area contributed by atoms with Gasteiger partial charge < -0.3 is 10.5 Å². The van der Waals surface area contributed by atoms with Crippen molar-refractivity contribution in [3.8, 4) is 5.75 Å². The molecule has 0 bridgehead atoms. The van der Waals surface area contributed by atoms with Crippen molar-refractivity contribution in [2.75, 3.05) is 26.2 Å². The summed E-state index contributed by atoms with van der Waals surface area (Å²) in [5, 5.41) is 0. The summed E-state index contributed by atoms with van der Waals surface area (Å²) in [6.45, 7) is 5.74. The Bertz CT molecular complexity index is 354. The average Bonchev–Trinajstić information content (AvgIpc) is 2.79. The van der Waals surface area contributed by atoms with Crippen molar-refractivity contribution in [2.45, 2.75) is 25.8 Å². The van der Waals surface area contributed by atoms with Crippen LogP contribution >= 0.6 is 0 Å². The normalized spacial score (nSPS) is 20.7. The second-order valence-electron chi connectivity index (χ2n) is 4.68. The van der Waals surface area contributed by atoms with Gasteiger partial charge in [-0.05, 0) is 37.9 Å². The Morgan fingerprint density at radius 3 is 3.00 bits per heavy atom. The summed E-state index contributed by atoms with van der Waals surface area (Å²) in [7, 11) is 0. The summed E-state index contributed by atoms with van der Waals surface area (Å²) >= 11 is 0. The van der Waals surface area contributed by atoms with Gasteiger partial charge >= 0.3 is 0 Å². The van der Waals surface area contributed by atoms with Crippen LogP contribution in [0.15, 0.2) is 24.3 Å². The van der Waals surface area contributed by atoms with E-state index in [9.17, 15) is 0 Å². The lowest BCUT2D eigenvalue weighted by molar-refractivity contribution is 0.199. The Labute approximate surface area is 104 Å². The maximum Gasteiger partial charge on any atom is 0.122 e. The van der Waals surface area contributed by atoms with Crippen molar-refractivity contribution in [1.82, 2.24) is 4.90 Å². The van der Waals surface area contributed by atoms with Crippen molar-refractivity contribution < 1.29 is 4.74 Å². The van der Waals surface area contributed by atoms with Crippen LogP contribution in [0.1, 0.15) is 18.4 Å². The Morgan fingerprint density at radius 2 is 2.24 bits per heavy atom. The van der Waals surface area contributed by atoms with Gasteiger partial charge in [0.1, 0.15) is 12.4 Å². The molecule has 1 atom stereocenters. The van der Waals surface area contributed by atoms with Crippen LogP contribution in [0, 0.1) is 6.92 Å². The molecule has 3 nitrogen and oxygen atoms in total. The molecule has 1 fully saturated rings. The van der Waals surface area contributed by atoms with Gasteiger partial charge in [0, 0.05) is 19.1 Å². The third-order valence-electron chi connectivity index (χ3n) is 3.50. The van der Waals surface area contributed by atoms with Gasteiger partial charge in [-0.15, -0.1) is 0 Å². The van der Waals surface area contributed by atoms with E-state index < -0.39 is 0 Å². The Hall–Kier alpha value is -1.06. The van der Waals surface area contributed by atoms with Crippen molar-refractivity contribution in [3.63, 3.8) is 0 Å². The zero-order valence-corrected chi connectivity index (χ0v) is 10.6. The van der Waals surface area contributed by atoms with Crippen LogP contribution in [0.2, 0.25) is 0 Å². The van der Waals surface area contributed by atoms with Gasteiger partial charge in [-0.25, -0.2) is 0 Å². The first-order valence-corrected chi connectivity index (χ1v) is 6.44. The molecule has 1 heterocycles. The SMILES string of the molecule is Cc1ccccc1OCCN1CCCC1CN. The number of benzene rings is 1. The molecule has 3 heteroatoms. The molecule has 0 amide bonds. The topological polar surface area (TPSA) is 38.5 Å². The number of nitrogens with zero attached hydrogens (tertiary/aromatic N) is 1. The molecule has 2 N–H and O–H groups in total. The predicted octanol–water partition coefficient (Wildman–Crippen LogP) is 1.80. The monoisotopic (exact) mass is 234 g/mol. The molecule has 0 aliphatic carbocycles. The summed E-state index contributed by atoms with van der Waals surface area (Å²) in [6.07, 6.45) is 2.51. The molecule has 0 saturated carbocycles. The van der Waals surface area contributed by atoms with E-state index in [0.29, 0.717) is 6.04 Å². The van der Waals surface area contributed by atoms with E-state index in [1.807, 2.05) is 18.2 Å². The molecular weight excluding hydrogens is 212 g/mol. The molecule has 0 spiro atoms. The largest absolute Gasteiger partial charge is 0.492 e. The van der Waals surface area contributed by atoms with E-state index in [4.69, 9.17) is 10.5 Å². The van der Waals surface area contributed by atoms with Gasteiger partial charge in [-0.2, -0.15) is 0 Å². The van der Waals surface area contributed by atoms with Gasteiger partial charge in [0.2, 0.25) is 0 Å². The van der Waals surface area contributed by atoms with Crippen LogP contribution in [0.3, 0.4) is 0 Å². The first-order valence-electron chi connectivity index (χ1n) is 6.44. The minimum Gasteiger partial charge on any atom is -0.492 e. The second kappa shape index (κ2) is 6.03. The minimum absolute atomic E-state index is 0.565. The standard InChI is InChI=1S/C14H22N2O/c1-12-5-2-3-7-14(12)17-10-9-16-8-4-6-13(16)11-15/h2-3,5,7,13H,4,6,8-11,15H2,1H3. The smallest absolute Gasteiger partial charge is 0.122 e. The maximum absolute atomic E-state index is 5.81. The Morgan fingerprint density at radius 1 is 1.41 bits per heavy atom. The summed E-state index contributed by atoms with van der Waals surface area (Å²) in [5.41, 5.74) is 6.95. The molecular formula is C14H22N2O. The zero-order valence-electron chi connectivity index (χ0n) is 10.6. The van der Waals surface area contributed by atoms with Gasteiger partial charge in [-0.3, -0.25) is 4.90 Å². The number of rotatable bonds is 5. The molecule has 94 valence electrons. The molecule has 0 radical (unpaired) electrons. The van der Waals surface area contributed by atoms with Gasteiger partial charge in [-0.1, -0.05) is 18.2 Å². The molecule has 1 aliphatic rings. The van der Waals surface area contributed by atoms with E-state index in [1.165, 1.54) is 24.9 Å². The lowest BCUT2D eigenvalue weighted by atomic mass is 10.2. The van der Waals surface area contributed by atoms with E-state index >= 15 is 0 Å². The van der Waals surface area contributed by atoms with Crippen LogP contribution in [0.4, 0.5) is 0 Å². The molecule has 17 heavy (non-hydrogen) atoms. The van der Waals surface area contributed by atoms with Gasteiger partial charge in [0.15, 0.2) is 0 Å². The highest BCUT2D eigenvalue weighted by Crippen LogP contribution is 2.18. The molecule has 1 aromatic carbocycles. The second-order valence-corrected chi connectivity index (χ2v) is 4.68. The third kappa shape index (κ3) is 3.20. The summed E-state index contributed by atoms with van der Waals surface area (Å²) in [4.78, 5) is 2.44. The van der Waals surface area contributed by atoms with Crippen LogP contribution < -0.4 is 10.5 Å². The van der Waals surface area contributed by atoms with E-state index in [0.717, 1.165) is 25.4 Å². The lowest BCUT2D eigenvalue weighted by Crippen LogP contribution is -2.37. The fourth-order valence-corrected chi connectivity index (χ4v) is 2.45.